The van der Waals surface area contributed by atoms with Crippen LogP contribution >= 0.6 is 0 Å². The highest BCUT2D eigenvalue weighted by molar-refractivity contribution is 5.87. The SMILES string of the molecule is C#CCCOCc1ccc(C(=O)O)cc1F. The highest BCUT2D eigenvalue weighted by atomic mass is 19.1. The Bertz CT molecular complexity index is 421. The lowest BCUT2D eigenvalue weighted by Crippen LogP contribution is -2.01. The van der Waals surface area contributed by atoms with Gasteiger partial charge in [-0.05, 0) is 12.1 Å². The molecule has 0 amide bonds. The molecule has 1 N–H and O–H groups in total. The molecule has 0 aliphatic carbocycles. The molecule has 0 fully saturated rings. The van der Waals surface area contributed by atoms with Gasteiger partial charge in [0.25, 0.3) is 0 Å². The van der Waals surface area contributed by atoms with Gasteiger partial charge in [-0.25, -0.2) is 9.18 Å². The van der Waals surface area contributed by atoms with Crippen LogP contribution in [0.15, 0.2) is 18.2 Å². The smallest absolute Gasteiger partial charge is 0.335 e. The number of carbonyl (C=O) groups is 1. The molecule has 84 valence electrons. The lowest BCUT2D eigenvalue weighted by Gasteiger charge is -2.04. The maximum atomic E-state index is 13.3. The molecule has 0 radical (unpaired) electrons. The Morgan fingerprint density at radius 3 is 2.88 bits per heavy atom. The van der Waals surface area contributed by atoms with Gasteiger partial charge in [-0.3, -0.25) is 0 Å². The summed E-state index contributed by atoms with van der Waals surface area (Å²) < 4.78 is 18.4. The van der Waals surface area contributed by atoms with Crippen LogP contribution in [0, 0.1) is 18.2 Å². The molecule has 0 unspecified atom stereocenters. The van der Waals surface area contributed by atoms with Crippen LogP contribution in [0.2, 0.25) is 0 Å². The number of rotatable bonds is 5. The fourth-order valence-corrected chi connectivity index (χ4v) is 1.11. The van der Waals surface area contributed by atoms with Crippen molar-refractivity contribution >= 4 is 5.97 Å². The van der Waals surface area contributed by atoms with Crippen LogP contribution in [-0.2, 0) is 11.3 Å². The van der Waals surface area contributed by atoms with E-state index in [1.807, 2.05) is 0 Å². The van der Waals surface area contributed by atoms with E-state index in [1.165, 1.54) is 12.1 Å². The average Bonchev–Trinajstić information content (AvgIpc) is 2.26. The van der Waals surface area contributed by atoms with Crippen molar-refractivity contribution < 1.29 is 19.0 Å². The molecular formula is C12H11FO3. The molecule has 4 heteroatoms. The summed E-state index contributed by atoms with van der Waals surface area (Å²) in [5, 5.41) is 8.63. The van der Waals surface area contributed by atoms with E-state index in [0.717, 1.165) is 6.07 Å². The van der Waals surface area contributed by atoms with E-state index in [-0.39, 0.29) is 12.2 Å². The van der Waals surface area contributed by atoms with Gasteiger partial charge in [0.15, 0.2) is 0 Å². The predicted molar refractivity (Wildman–Crippen MR) is 56.5 cm³/mol. The molecule has 0 aromatic heterocycles. The second-order valence-electron chi connectivity index (χ2n) is 3.12. The van der Waals surface area contributed by atoms with Crippen LogP contribution in [0.3, 0.4) is 0 Å². The maximum absolute atomic E-state index is 13.3. The topological polar surface area (TPSA) is 46.5 Å². The lowest BCUT2D eigenvalue weighted by atomic mass is 10.1. The number of ether oxygens (including phenoxy) is 1. The first-order valence-corrected chi connectivity index (χ1v) is 4.68. The van der Waals surface area contributed by atoms with Crippen LogP contribution in [-0.4, -0.2) is 17.7 Å². The molecule has 0 saturated heterocycles. The van der Waals surface area contributed by atoms with E-state index >= 15 is 0 Å². The summed E-state index contributed by atoms with van der Waals surface area (Å²) in [6.45, 7) is 0.448. The van der Waals surface area contributed by atoms with E-state index in [0.29, 0.717) is 18.6 Å². The minimum Gasteiger partial charge on any atom is -0.478 e. The van der Waals surface area contributed by atoms with Crippen LogP contribution < -0.4 is 0 Å². The molecule has 0 atom stereocenters. The number of carboxylic acids is 1. The number of hydrogen-bond acceptors (Lipinski definition) is 2. The fraction of sp³-hybridized carbons (Fsp3) is 0.250. The van der Waals surface area contributed by atoms with Gasteiger partial charge >= 0.3 is 5.97 Å². The molecule has 0 heterocycles. The maximum Gasteiger partial charge on any atom is 0.335 e. The molecule has 1 aromatic carbocycles. The van der Waals surface area contributed by atoms with Crippen LogP contribution in [0.5, 0.6) is 0 Å². The summed E-state index contributed by atoms with van der Waals surface area (Å²) in [5.74, 6) is 0.659. The highest BCUT2D eigenvalue weighted by Gasteiger charge is 2.07. The van der Waals surface area contributed by atoms with Gasteiger partial charge in [0.05, 0.1) is 18.8 Å². The van der Waals surface area contributed by atoms with Gasteiger partial charge in [0, 0.05) is 12.0 Å². The highest BCUT2D eigenvalue weighted by Crippen LogP contribution is 2.11. The van der Waals surface area contributed by atoms with Gasteiger partial charge in [0.1, 0.15) is 5.82 Å². The number of terminal acetylenes is 1. The summed E-state index contributed by atoms with van der Waals surface area (Å²) in [6, 6.07) is 3.71. The first kappa shape index (κ1) is 12.2. The second kappa shape index (κ2) is 5.89. The van der Waals surface area contributed by atoms with E-state index in [4.69, 9.17) is 16.3 Å². The number of halogens is 1. The Balaban J connectivity index is 2.62. The van der Waals surface area contributed by atoms with Crippen molar-refractivity contribution in [2.45, 2.75) is 13.0 Å². The summed E-state index contributed by atoms with van der Waals surface area (Å²) >= 11 is 0. The summed E-state index contributed by atoms with van der Waals surface area (Å²) in [6.07, 6.45) is 5.49. The van der Waals surface area contributed by atoms with Gasteiger partial charge in [0.2, 0.25) is 0 Å². The van der Waals surface area contributed by atoms with Crippen molar-refractivity contribution in [3.8, 4) is 12.3 Å². The quantitative estimate of drug-likeness (QED) is 0.612. The molecule has 1 aromatic rings. The largest absolute Gasteiger partial charge is 0.478 e. The van der Waals surface area contributed by atoms with E-state index in [1.54, 1.807) is 0 Å². The number of hydrogen-bond donors (Lipinski definition) is 1. The third-order valence-electron chi connectivity index (χ3n) is 1.95. The first-order valence-electron chi connectivity index (χ1n) is 4.68. The molecule has 16 heavy (non-hydrogen) atoms. The minimum absolute atomic E-state index is 0.0788. The number of carboxylic acid groups (broad SMARTS) is 1. The lowest BCUT2D eigenvalue weighted by molar-refractivity contribution is 0.0696. The second-order valence-corrected chi connectivity index (χ2v) is 3.12. The van der Waals surface area contributed by atoms with Gasteiger partial charge < -0.3 is 9.84 Å². The van der Waals surface area contributed by atoms with Gasteiger partial charge in [-0.1, -0.05) is 6.07 Å². The van der Waals surface area contributed by atoms with Crippen molar-refractivity contribution in [1.82, 2.24) is 0 Å². The third-order valence-corrected chi connectivity index (χ3v) is 1.95. The number of aromatic carboxylic acids is 1. The molecule has 0 aliphatic rings. The van der Waals surface area contributed by atoms with Gasteiger partial charge in [-0.2, -0.15) is 0 Å². The Labute approximate surface area is 92.9 Å². The van der Waals surface area contributed by atoms with Gasteiger partial charge in [-0.15, -0.1) is 12.3 Å². The molecule has 0 saturated carbocycles. The third kappa shape index (κ3) is 3.37. The van der Waals surface area contributed by atoms with Crippen molar-refractivity contribution in [3.63, 3.8) is 0 Å². The Morgan fingerprint density at radius 2 is 2.31 bits per heavy atom. The van der Waals surface area contributed by atoms with Crippen molar-refractivity contribution in [3.05, 3.63) is 35.1 Å². The van der Waals surface area contributed by atoms with Crippen molar-refractivity contribution in [2.24, 2.45) is 0 Å². The molecule has 3 nitrogen and oxygen atoms in total. The van der Waals surface area contributed by atoms with E-state index in [9.17, 15) is 9.18 Å². The predicted octanol–water partition coefficient (Wildman–Crippen LogP) is 2.06. The Kier molecular flexibility index (Phi) is 4.49. The van der Waals surface area contributed by atoms with E-state index in [2.05, 4.69) is 5.92 Å². The summed E-state index contributed by atoms with van der Waals surface area (Å²) in [5.41, 5.74) is 0.242. The summed E-state index contributed by atoms with van der Waals surface area (Å²) in [4.78, 5) is 10.5. The average molecular weight is 222 g/mol. The monoisotopic (exact) mass is 222 g/mol. The Hall–Kier alpha value is -1.86. The van der Waals surface area contributed by atoms with Crippen LogP contribution in [0.4, 0.5) is 4.39 Å². The normalized spacial score (nSPS) is 9.75. The summed E-state index contributed by atoms with van der Waals surface area (Å²) in [7, 11) is 0. The molecule has 0 bridgehead atoms. The minimum atomic E-state index is -1.15. The molecular weight excluding hydrogens is 211 g/mol. The molecule has 0 aliphatic heterocycles. The van der Waals surface area contributed by atoms with Crippen LogP contribution in [0.1, 0.15) is 22.3 Å². The zero-order valence-corrected chi connectivity index (χ0v) is 8.57. The Morgan fingerprint density at radius 1 is 1.56 bits per heavy atom. The number of benzene rings is 1. The van der Waals surface area contributed by atoms with E-state index < -0.39 is 11.8 Å². The first-order chi connectivity index (χ1) is 7.65. The molecule has 0 spiro atoms. The molecule has 1 rings (SSSR count). The zero-order chi connectivity index (χ0) is 12.0. The van der Waals surface area contributed by atoms with Crippen LogP contribution in [0.25, 0.3) is 0 Å². The zero-order valence-electron chi connectivity index (χ0n) is 8.57. The van der Waals surface area contributed by atoms with Crippen molar-refractivity contribution in [2.75, 3.05) is 6.61 Å². The standard InChI is InChI=1S/C12H11FO3/c1-2-3-6-16-8-10-5-4-9(12(14)15)7-11(10)13/h1,4-5,7H,3,6,8H2,(H,14,15). The van der Waals surface area contributed by atoms with Crippen molar-refractivity contribution in [1.29, 1.82) is 0 Å². The fourth-order valence-electron chi connectivity index (χ4n) is 1.11.